The molecule has 0 aromatic rings. The van der Waals surface area contributed by atoms with Crippen LogP contribution in [0.3, 0.4) is 0 Å². The molecule has 4 nitrogen and oxygen atoms in total. The number of nitrogens with two attached hydrogens (primary N) is 1. The number of nitrogens with one attached hydrogen (secondary N) is 1. The second-order valence-corrected chi connectivity index (χ2v) is 4.72. The van der Waals surface area contributed by atoms with Gasteiger partial charge in [0.15, 0.2) is 0 Å². The van der Waals surface area contributed by atoms with E-state index >= 15 is 0 Å². The molecule has 15 heavy (non-hydrogen) atoms. The van der Waals surface area contributed by atoms with Crippen LogP contribution in [0.5, 0.6) is 0 Å². The fourth-order valence-electron chi connectivity index (χ4n) is 3.12. The molecule has 2 saturated carbocycles. The van der Waals surface area contributed by atoms with E-state index in [1.807, 2.05) is 0 Å². The lowest BCUT2D eigenvalue weighted by Crippen LogP contribution is -2.45. The Hall–Kier alpha value is -0.610. The highest BCUT2D eigenvalue weighted by Gasteiger charge is 2.48. The summed E-state index contributed by atoms with van der Waals surface area (Å²) in [5.74, 6) is 1.31. The lowest BCUT2D eigenvalue weighted by atomic mass is 9.84. The predicted molar refractivity (Wildman–Crippen MR) is 57.2 cm³/mol. The monoisotopic (exact) mass is 212 g/mol. The van der Waals surface area contributed by atoms with Crippen molar-refractivity contribution in [1.29, 1.82) is 0 Å². The summed E-state index contributed by atoms with van der Waals surface area (Å²) in [7, 11) is 1.63. The van der Waals surface area contributed by atoms with Crippen molar-refractivity contribution >= 4 is 5.91 Å². The van der Waals surface area contributed by atoms with Crippen molar-refractivity contribution in [3.63, 3.8) is 0 Å². The largest absolute Gasteiger partial charge is 0.383 e. The second-order valence-electron chi connectivity index (χ2n) is 4.72. The first-order valence-corrected chi connectivity index (χ1v) is 5.76. The molecular formula is C11H20N2O2. The number of amides is 1. The van der Waals surface area contributed by atoms with E-state index in [9.17, 15) is 4.79 Å². The molecule has 2 aliphatic carbocycles. The van der Waals surface area contributed by atoms with E-state index in [2.05, 4.69) is 5.32 Å². The van der Waals surface area contributed by atoms with Gasteiger partial charge in [0, 0.05) is 19.7 Å². The maximum atomic E-state index is 11.9. The summed E-state index contributed by atoms with van der Waals surface area (Å²) in [4.78, 5) is 11.9. The lowest BCUT2D eigenvalue weighted by molar-refractivity contribution is -0.127. The number of rotatable bonds is 4. The van der Waals surface area contributed by atoms with Gasteiger partial charge >= 0.3 is 0 Å². The molecule has 0 spiro atoms. The van der Waals surface area contributed by atoms with Crippen molar-refractivity contribution in [3.8, 4) is 0 Å². The molecule has 4 atom stereocenters. The molecule has 3 N–H and O–H groups in total. The Morgan fingerprint density at radius 1 is 1.47 bits per heavy atom. The van der Waals surface area contributed by atoms with Gasteiger partial charge in [0.2, 0.25) is 5.91 Å². The molecule has 4 heteroatoms. The van der Waals surface area contributed by atoms with Crippen LogP contribution < -0.4 is 11.1 Å². The smallest absolute Gasteiger partial charge is 0.225 e. The summed E-state index contributed by atoms with van der Waals surface area (Å²) in [6.07, 6.45) is 3.55. The fraction of sp³-hybridized carbons (Fsp3) is 0.909. The van der Waals surface area contributed by atoms with Crippen molar-refractivity contribution in [1.82, 2.24) is 5.32 Å². The molecule has 2 rings (SSSR count). The summed E-state index contributed by atoms with van der Waals surface area (Å²) >= 11 is 0. The maximum absolute atomic E-state index is 11.9. The molecule has 86 valence electrons. The zero-order valence-corrected chi connectivity index (χ0v) is 9.24. The minimum Gasteiger partial charge on any atom is -0.383 e. The standard InChI is InChI=1S/C11H20N2O2/c1-15-5-4-13-11(14)9-7-2-3-8(6-7)10(9)12/h7-10H,2-6,12H2,1H3,(H,13,14). The van der Waals surface area contributed by atoms with Gasteiger partial charge in [0.1, 0.15) is 0 Å². The van der Waals surface area contributed by atoms with E-state index in [1.54, 1.807) is 7.11 Å². The highest BCUT2D eigenvalue weighted by atomic mass is 16.5. The zero-order chi connectivity index (χ0) is 10.8. The third-order valence-corrected chi connectivity index (χ3v) is 3.89. The second kappa shape index (κ2) is 4.49. The highest BCUT2D eigenvalue weighted by molar-refractivity contribution is 5.80. The van der Waals surface area contributed by atoms with E-state index in [0.29, 0.717) is 25.0 Å². The Labute approximate surface area is 90.5 Å². The molecule has 0 heterocycles. The highest BCUT2D eigenvalue weighted by Crippen LogP contribution is 2.47. The van der Waals surface area contributed by atoms with E-state index in [-0.39, 0.29) is 17.9 Å². The molecule has 2 aliphatic rings. The van der Waals surface area contributed by atoms with Gasteiger partial charge in [-0.3, -0.25) is 4.79 Å². The van der Waals surface area contributed by atoms with Crippen molar-refractivity contribution in [3.05, 3.63) is 0 Å². The molecular weight excluding hydrogens is 192 g/mol. The van der Waals surface area contributed by atoms with Gasteiger partial charge in [0.25, 0.3) is 0 Å². The number of fused-ring (bicyclic) bond motifs is 2. The topological polar surface area (TPSA) is 64.3 Å². The van der Waals surface area contributed by atoms with Gasteiger partial charge in [-0.2, -0.15) is 0 Å². The van der Waals surface area contributed by atoms with Crippen LogP contribution in [0.2, 0.25) is 0 Å². The number of ether oxygens (including phenoxy) is 1. The van der Waals surface area contributed by atoms with Crippen LogP contribution >= 0.6 is 0 Å². The van der Waals surface area contributed by atoms with Gasteiger partial charge in [-0.15, -0.1) is 0 Å². The number of hydrogen-bond donors (Lipinski definition) is 2. The first kappa shape index (κ1) is 10.9. The molecule has 2 bridgehead atoms. The van der Waals surface area contributed by atoms with E-state index in [1.165, 1.54) is 12.8 Å². The Morgan fingerprint density at radius 2 is 2.20 bits per heavy atom. The third-order valence-electron chi connectivity index (χ3n) is 3.89. The molecule has 2 fully saturated rings. The Balaban J connectivity index is 1.85. The fourth-order valence-corrected chi connectivity index (χ4v) is 3.12. The third kappa shape index (κ3) is 2.01. The molecule has 4 unspecified atom stereocenters. The van der Waals surface area contributed by atoms with Crippen LogP contribution in [-0.2, 0) is 9.53 Å². The van der Waals surface area contributed by atoms with E-state index in [0.717, 1.165) is 6.42 Å². The molecule has 0 saturated heterocycles. The summed E-state index contributed by atoms with van der Waals surface area (Å²) in [6.45, 7) is 1.16. The lowest BCUT2D eigenvalue weighted by Gasteiger charge is -2.26. The Bertz CT molecular complexity index is 243. The van der Waals surface area contributed by atoms with Gasteiger partial charge in [-0.25, -0.2) is 0 Å². The minimum absolute atomic E-state index is 0.0561. The average Bonchev–Trinajstić information content (AvgIpc) is 2.78. The average molecular weight is 212 g/mol. The van der Waals surface area contributed by atoms with Crippen molar-refractivity contribution in [2.45, 2.75) is 25.3 Å². The predicted octanol–water partition coefficient (Wildman–Crippen LogP) is 0.122. The number of methoxy groups -OCH3 is 1. The Kier molecular flexibility index (Phi) is 3.26. The quantitative estimate of drug-likeness (QED) is 0.651. The van der Waals surface area contributed by atoms with Gasteiger partial charge in [0.05, 0.1) is 12.5 Å². The molecule has 0 radical (unpaired) electrons. The van der Waals surface area contributed by atoms with E-state index < -0.39 is 0 Å². The summed E-state index contributed by atoms with van der Waals surface area (Å²) in [6, 6.07) is 0.0892. The molecule has 1 amide bonds. The summed E-state index contributed by atoms with van der Waals surface area (Å²) in [5.41, 5.74) is 6.08. The van der Waals surface area contributed by atoms with Crippen molar-refractivity contribution in [2.75, 3.05) is 20.3 Å². The first-order chi connectivity index (χ1) is 7.24. The number of carbonyl (C=O) groups is 1. The van der Waals surface area contributed by atoms with Crippen molar-refractivity contribution in [2.24, 2.45) is 23.5 Å². The van der Waals surface area contributed by atoms with E-state index in [4.69, 9.17) is 10.5 Å². The number of carbonyl (C=O) groups excluding carboxylic acids is 1. The summed E-state index contributed by atoms with van der Waals surface area (Å²) in [5, 5.41) is 2.90. The SMILES string of the molecule is COCCNC(=O)C1C2CCC(C2)C1N. The van der Waals surface area contributed by atoms with Crippen molar-refractivity contribution < 1.29 is 9.53 Å². The van der Waals surface area contributed by atoms with Crippen LogP contribution in [0.15, 0.2) is 0 Å². The summed E-state index contributed by atoms with van der Waals surface area (Å²) < 4.78 is 4.90. The van der Waals surface area contributed by atoms with Gasteiger partial charge in [-0.1, -0.05) is 0 Å². The van der Waals surface area contributed by atoms with Crippen LogP contribution in [0, 0.1) is 17.8 Å². The molecule has 0 aliphatic heterocycles. The zero-order valence-electron chi connectivity index (χ0n) is 9.24. The van der Waals surface area contributed by atoms with Crippen LogP contribution in [0.25, 0.3) is 0 Å². The molecule has 0 aromatic carbocycles. The molecule has 0 aromatic heterocycles. The normalized spacial score (nSPS) is 38.3. The number of hydrogen-bond acceptors (Lipinski definition) is 3. The first-order valence-electron chi connectivity index (χ1n) is 5.76. The van der Waals surface area contributed by atoms with Crippen LogP contribution in [0.4, 0.5) is 0 Å². The van der Waals surface area contributed by atoms with Crippen LogP contribution in [-0.4, -0.2) is 32.2 Å². The van der Waals surface area contributed by atoms with Gasteiger partial charge < -0.3 is 15.8 Å². The maximum Gasteiger partial charge on any atom is 0.225 e. The Morgan fingerprint density at radius 3 is 2.80 bits per heavy atom. The minimum atomic E-state index is 0.0561. The van der Waals surface area contributed by atoms with Crippen LogP contribution in [0.1, 0.15) is 19.3 Å². The van der Waals surface area contributed by atoms with Gasteiger partial charge in [-0.05, 0) is 31.1 Å².